The zero-order valence-corrected chi connectivity index (χ0v) is 14.0. The molecule has 2 heteroatoms. The normalized spacial score (nSPS) is 12.4. The Balaban J connectivity index is 1.95. The van der Waals surface area contributed by atoms with Gasteiger partial charge in [0.2, 0.25) is 0 Å². The third-order valence-electron chi connectivity index (χ3n) is 3.74. The zero-order valence-electron chi connectivity index (χ0n) is 12.5. The first-order valence-electron chi connectivity index (χ1n) is 7.46. The highest BCUT2D eigenvalue weighted by atomic mass is 35.5. The summed E-state index contributed by atoms with van der Waals surface area (Å²) in [6.45, 7) is 0. The van der Waals surface area contributed by atoms with Gasteiger partial charge in [-0.05, 0) is 41.0 Å². The molecule has 0 spiro atoms. The Kier molecular flexibility index (Phi) is 5.17. The Morgan fingerprint density at radius 2 is 1.13 bits per heavy atom. The van der Waals surface area contributed by atoms with Gasteiger partial charge in [-0.2, -0.15) is 0 Å². The number of benzene rings is 3. The Morgan fingerprint density at radius 3 is 1.74 bits per heavy atom. The number of hydrogen-bond donors (Lipinski definition) is 0. The Hall–Kier alpha value is -2.02. The van der Waals surface area contributed by atoms with Crippen molar-refractivity contribution in [2.45, 2.75) is 5.92 Å². The van der Waals surface area contributed by atoms with Gasteiger partial charge in [-0.25, -0.2) is 0 Å². The molecular formula is C21H16Cl2. The molecule has 0 amide bonds. The van der Waals surface area contributed by atoms with Crippen molar-refractivity contribution >= 4 is 29.3 Å². The predicted octanol–water partition coefficient (Wildman–Crippen LogP) is 6.84. The number of halogens is 2. The fourth-order valence-corrected chi connectivity index (χ4v) is 2.78. The van der Waals surface area contributed by atoms with Crippen LogP contribution in [0.15, 0.2) is 84.9 Å². The maximum absolute atomic E-state index is 6.02. The molecule has 0 fully saturated rings. The van der Waals surface area contributed by atoms with Crippen LogP contribution in [0, 0.1) is 0 Å². The molecule has 1 atom stereocenters. The molecular weight excluding hydrogens is 323 g/mol. The van der Waals surface area contributed by atoms with Gasteiger partial charge < -0.3 is 0 Å². The second kappa shape index (κ2) is 7.50. The summed E-state index contributed by atoms with van der Waals surface area (Å²) >= 11 is 12.0. The molecule has 0 aliphatic heterocycles. The van der Waals surface area contributed by atoms with E-state index in [-0.39, 0.29) is 5.92 Å². The molecule has 3 aromatic rings. The highest BCUT2D eigenvalue weighted by Gasteiger charge is 2.10. The summed E-state index contributed by atoms with van der Waals surface area (Å²) in [5.74, 6) is 0.184. The average Bonchev–Trinajstić information content (AvgIpc) is 2.59. The first-order chi connectivity index (χ1) is 11.2. The Bertz CT molecular complexity index is 772. The molecule has 23 heavy (non-hydrogen) atoms. The molecule has 0 aromatic heterocycles. The van der Waals surface area contributed by atoms with Crippen molar-refractivity contribution in [3.8, 4) is 0 Å². The molecule has 1 unspecified atom stereocenters. The number of hydrogen-bond acceptors (Lipinski definition) is 0. The molecule has 0 heterocycles. The van der Waals surface area contributed by atoms with Gasteiger partial charge in [0.15, 0.2) is 0 Å². The van der Waals surface area contributed by atoms with Crippen LogP contribution in [-0.2, 0) is 0 Å². The molecule has 0 saturated heterocycles. The van der Waals surface area contributed by atoms with E-state index in [2.05, 4.69) is 48.6 Å². The van der Waals surface area contributed by atoms with Crippen LogP contribution in [0.4, 0.5) is 0 Å². The van der Waals surface area contributed by atoms with Crippen LogP contribution in [0.2, 0.25) is 10.0 Å². The lowest BCUT2D eigenvalue weighted by atomic mass is 9.90. The van der Waals surface area contributed by atoms with Gasteiger partial charge in [0.25, 0.3) is 0 Å². The minimum absolute atomic E-state index is 0.184. The van der Waals surface area contributed by atoms with Crippen molar-refractivity contribution in [3.63, 3.8) is 0 Å². The van der Waals surface area contributed by atoms with Crippen LogP contribution >= 0.6 is 23.2 Å². The van der Waals surface area contributed by atoms with Crippen molar-refractivity contribution in [2.24, 2.45) is 0 Å². The summed E-state index contributed by atoms with van der Waals surface area (Å²) in [6.07, 6.45) is 4.34. The van der Waals surface area contributed by atoms with Gasteiger partial charge in [-0.1, -0.05) is 90.0 Å². The molecule has 114 valence electrons. The van der Waals surface area contributed by atoms with Crippen molar-refractivity contribution in [1.29, 1.82) is 0 Å². The van der Waals surface area contributed by atoms with Crippen LogP contribution in [-0.4, -0.2) is 0 Å². The maximum atomic E-state index is 6.02. The summed E-state index contributed by atoms with van der Waals surface area (Å²) in [5.41, 5.74) is 3.59. The Morgan fingerprint density at radius 1 is 0.609 bits per heavy atom. The van der Waals surface area contributed by atoms with Crippen molar-refractivity contribution in [3.05, 3.63) is 112 Å². The monoisotopic (exact) mass is 338 g/mol. The van der Waals surface area contributed by atoms with Crippen molar-refractivity contribution in [2.75, 3.05) is 0 Å². The van der Waals surface area contributed by atoms with E-state index in [1.165, 1.54) is 11.1 Å². The fourth-order valence-electron chi connectivity index (χ4n) is 2.53. The second-order valence-electron chi connectivity index (χ2n) is 5.35. The molecule has 3 rings (SSSR count). The third kappa shape index (κ3) is 4.25. The number of rotatable bonds is 4. The van der Waals surface area contributed by atoms with E-state index in [1.54, 1.807) is 0 Å². The van der Waals surface area contributed by atoms with E-state index < -0.39 is 0 Å². The summed E-state index contributed by atoms with van der Waals surface area (Å²) < 4.78 is 0. The van der Waals surface area contributed by atoms with Crippen LogP contribution in [0.1, 0.15) is 22.6 Å². The standard InChI is InChI=1S/C21H16Cl2/c22-19-11-6-16(7-12-19)8-15-21(17-4-2-1-3-5-17)18-9-13-20(23)14-10-18/h1-15,21H/b15-8+. The summed E-state index contributed by atoms with van der Waals surface area (Å²) in [6, 6.07) is 26.3. The highest BCUT2D eigenvalue weighted by molar-refractivity contribution is 6.30. The first-order valence-corrected chi connectivity index (χ1v) is 8.22. The quantitative estimate of drug-likeness (QED) is 0.488. The molecule has 3 aromatic carbocycles. The lowest BCUT2D eigenvalue weighted by Crippen LogP contribution is -1.97. The van der Waals surface area contributed by atoms with E-state index in [1.807, 2.05) is 42.5 Å². The average molecular weight is 339 g/mol. The van der Waals surface area contributed by atoms with E-state index in [0.717, 1.165) is 15.6 Å². The van der Waals surface area contributed by atoms with Crippen LogP contribution in [0.3, 0.4) is 0 Å². The molecule has 0 bridgehead atoms. The molecule has 0 N–H and O–H groups in total. The van der Waals surface area contributed by atoms with Crippen molar-refractivity contribution in [1.82, 2.24) is 0 Å². The van der Waals surface area contributed by atoms with Gasteiger partial charge >= 0.3 is 0 Å². The van der Waals surface area contributed by atoms with Gasteiger partial charge in [0.1, 0.15) is 0 Å². The van der Waals surface area contributed by atoms with Crippen LogP contribution < -0.4 is 0 Å². The van der Waals surface area contributed by atoms with Gasteiger partial charge in [-0.3, -0.25) is 0 Å². The van der Waals surface area contributed by atoms with Gasteiger partial charge in [0.05, 0.1) is 0 Å². The molecule has 0 aliphatic carbocycles. The van der Waals surface area contributed by atoms with Crippen LogP contribution in [0.25, 0.3) is 6.08 Å². The van der Waals surface area contributed by atoms with E-state index in [0.29, 0.717) is 0 Å². The predicted molar refractivity (Wildman–Crippen MR) is 100 cm³/mol. The maximum Gasteiger partial charge on any atom is 0.0406 e. The summed E-state index contributed by atoms with van der Waals surface area (Å²) in [4.78, 5) is 0. The molecule has 0 nitrogen and oxygen atoms in total. The molecule has 0 radical (unpaired) electrons. The smallest absolute Gasteiger partial charge is 0.0406 e. The van der Waals surface area contributed by atoms with Crippen molar-refractivity contribution < 1.29 is 0 Å². The third-order valence-corrected chi connectivity index (χ3v) is 4.24. The minimum Gasteiger partial charge on any atom is -0.0843 e. The van der Waals surface area contributed by atoms with Crippen LogP contribution in [0.5, 0.6) is 0 Å². The first kappa shape index (κ1) is 15.9. The summed E-state index contributed by atoms with van der Waals surface area (Å²) in [7, 11) is 0. The fraction of sp³-hybridized carbons (Fsp3) is 0.0476. The largest absolute Gasteiger partial charge is 0.0843 e. The lowest BCUT2D eigenvalue weighted by molar-refractivity contribution is 1.03. The zero-order chi connectivity index (χ0) is 16.1. The Labute approximate surface area is 147 Å². The van der Waals surface area contributed by atoms with E-state index >= 15 is 0 Å². The number of allylic oxidation sites excluding steroid dienone is 1. The SMILES string of the molecule is Clc1ccc(/C=C/C(c2ccccc2)c2ccc(Cl)cc2)cc1. The van der Waals surface area contributed by atoms with E-state index in [4.69, 9.17) is 23.2 Å². The van der Waals surface area contributed by atoms with E-state index in [9.17, 15) is 0 Å². The molecule has 0 aliphatic rings. The second-order valence-corrected chi connectivity index (χ2v) is 6.22. The van der Waals surface area contributed by atoms with Gasteiger partial charge in [-0.15, -0.1) is 0 Å². The topological polar surface area (TPSA) is 0 Å². The minimum atomic E-state index is 0.184. The molecule has 0 saturated carbocycles. The van der Waals surface area contributed by atoms with Gasteiger partial charge in [0, 0.05) is 16.0 Å². The summed E-state index contributed by atoms with van der Waals surface area (Å²) in [5, 5.41) is 1.50. The highest BCUT2D eigenvalue weighted by Crippen LogP contribution is 2.28. The lowest BCUT2D eigenvalue weighted by Gasteiger charge is -2.14.